The number of anilines is 2. The van der Waals surface area contributed by atoms with Gasteiger partial charge in [-0.3, -0.25) is 10.1 Å². The summed E-state index contributed by atoms with van der Waals surface area (Å²) in [6, 6.07) is 3.58. The molecule has 0 radical (unpaired) electrons. The van der Waals surface area contributed by atoms with Crippen molar-refractivity contribution in [2.24, 2.45) is 12.1 Å². The van der Waals surface area contributed by atoms with E-state index < -0.39 is 18.8 Å². The number of hydrazone groups is 1. The summed E-state index contributed by atoms with van der Waals surface area (Å²) in [7, 11) is 1.78. The van der Waals surface area contributed by atoms with Crippen LogP contribution in [0.4, 0.5) is 24.9 Å². The predicted molar refractivity (Wildman–Crippen MR) is 108 cm³/mol. The standard InChI is InChI=1S/C18H15ClF3N9/c1-29-13(2-3-24-29)25-17-23-8-11(19)15(26-17)10-6-12-16-28-27-14(7-18(20,21)22)31(16)5-4-30(12)9-10/h2-6,8-9,16,28H,7H2,1H3,(H,23,25,26). The molecule has 0 saturated heterocycles. The third kappa shape index (κ3) is 3.58. The molecule has 1 atom stereocenters. The number of nitrogens with zero attached hydrogens (tertiary/aromatic N) is 7. The molecule has 2 N–H and O–H groups in total. The number of nitrogens with one attached hydrogen (secondary N) is 2. The maximum atomic E-state index is 12.8. The summed E-state index contributed by atoms with van der Waals surface area (Å²) in [5.41, 5.74) is 4.64. The van der Waals surface area contributed by atoms with Crippen molar-refractivity contribution in [3.63, 3.8) is 0 Å². The lowest BCUT2D eigenvalue weighted by Gasteiger charge is -2.28. The minimum atomic E-state index is -4.35. The van der Waals surface area contributed by atoms with E-state index in [1.54, 1.807) is 47.2 Å². The number of hydrogen-bond acceptors (Lipinski definition) is 7. The average Bonchev–Trinajstić information content (AvgIpc) is 3.41. The van der Waals surface area contributed by atoms with Crippen molar-refractivity contribution >= 4 is 35.4 Å². The van der Waals surface area contributed by atoms with Crippen molar-refractivity contribution in [3.05, 3.63) is 47.6 Å². The van der Waals surface area contributed by atoms with Crippen molar-refractivity contribution < 1.29 is 13.2 Å². The van der Waals surface area contributed by atoms with Crippen LogP contribution < -0.4 is 10.7 Å². The lowest BCUT2D eigenvalue weighted by Crippen LogP contribution is -2.34. The number of hydrogen-bond donors (Lipinski definition) is 2. The summed E-state index contributed by atoms with van der Waals surface area (Å²) in [6.45, 7) is 0. The zero-order valence-electron chi connectivity index (χ0n) is 16.0. The molecule has 0 bridgehead atoms. The Bertz CT molecular complexity index is 1210. The molecule has 0 fully saturated rings. The average molecular weight is 450 g/mol. The van der Waals surface area contributed by atoms with Gasteiger partial charge in [-0.25, -0.2) is 9.97 Å². The number of rotatable bonds is 4. The fraction of sp³-hybridized carbons (Fsp3) is 0.222. The van der Waals surface area contributed by atoms with Crippen LogP contribution in [0.15, 0.2) is 42.0 Å². The van der Waals surface area contributed by atoms with E-state index in [0.29, 0.717) is 33.7 Å². The quantitative estimate of drug-likeness (QED) is 0.631. The minimum Gasteiger partial charge on any atom is -0.322 e. The first-order chi connectivity index (χ1) is 14.8. The zero-order valence-corrected chi connectivity index (χ0v) is 16.7. The van der Waals surface area contributed by atoms with Crippen LogP contribution in [0.2, 0.25) is 5.02 Å². The van der Waals surface area contributed by atoms with Gasteiger partial charge in [-0.1, -0.05) is 11.6 Å². The number of aryl methyl sites for hydroxylation is 1. The summed E-state index contributed by atoms with van der Waals surface area (Å²) in [6.07, 6.45) is 2.14. The fourth-order valence-electron chi connectivity index (χ4n) is 3.45. The number of halogens is 4. The van der Waals surface area contributed by atoms with Gasteiger partial charge in [0.2, 0.25) is 5.95 Å². The molecule has 0 amide bonds. The van der Waals surface area contributed by atoms with Gasteiger partial charge in [0.15, 0.2) is 6.17 Å². The zero-order chi connectivity index (χ0) is 21.8. The smallest absolute Gasteiger partial charge is 0.322 e. The van der Waals surface area contributed by atoms with Crippen molar-refractivity contribution in [1.82, 2.24) is 34.6 Å². The normalized spacial score (nSPS) is 17.3. The van der Waals surface area contributed by atoms with Crippen molar-refractivity contribution in [1.29, 1.82) is 0 Å². The Kier molecular flexibility index (Phi) is 4.39. The molecular formula is C18H15ClF3N9. The van der Waals surface area contributed by atoms with Gasteiger partial charge in [0, 0.05) is 37.3 Å². The highest BCUT2D eigenvalue weighted by Crippen LogP contribution is 2.36. The number of aromatic nitrogens is 5. The summed E-state index contributed by atoms with van der Waals surface area (Å²) >= 11 is 6.34. The molecular weight excluding hydrogens is 435 g/mol. The fourth-order valence-corrected chi connectivity index (χ4v) is 3.65. The Hall–Kier alpha value is -3.54. The molecule has 5 rings (SSSR count). The van der Waals surface area contributed by atoms with E-state index in [1.807, 2.05) is 6.07 Å². The van der Waals surface area contributed by atoms with E-state index in [1.165, 1.54) is 11.1 Å². The van der Waals surface area contributed by atoms with Gasteiger partial charge in [-0.05, 0) is 6.07 Å². The molecule has 0 aliphatic carbocycles. The van der Waals surface area contributed by atoms with E-state index in [4.69, 9.17) is 11.6 Å². The first kappa shape index (κ1) is 19.4. The van der Waals surface area contributed by atoms with E-state index in [2.05, 4.69) is 30.9 Å². The van der Waals surface area contributed by atoms with Crippen LogP contribution >= 0.6 is 11.6 Å². The van der Waals surface area contributed by atoms with Gasteiger partial charge in [-0.15, -0.1) is 0 Å². The lowest BCUT2D eigenvalue weighted by atomic mass is 10.2. The van der Waals surface area contributed by atoms with Gasteiger partial charge in [0.25, 0.3) is 0 Å². The summed E-state index contributed by atoms with van der Waals surface area (Å²) < 4.78 is 41.9. The Morgan fingerprint density at radius 1 is 1.29 bits per heavy atom. The molecule has 160 valence electrons. The number of alkyl halides is 3. The molecule has 1 unspecified atom stereocenters. The third-order valence-electron chi connectivity index (χ3n) is 4.88. The minimum absolute atomic E-state index is 0.0921. The number of fused-ring (bicyclic) bond motifs is 3. The second kappa shape index (κ2) is 7.01. The van der Waals surface area contributed by atoms with Crippen molar-refractivity contribution in [2.45, 2.75) is 18.8 Å². The summed E-state index contributed by atoms with van der Waals surface area (Å²) in [5.74, 6) is 0.942. The van der Waals surface area contributed by atoms with E-state index >= 15 is 0 Å². The Morgan fingerprint density at radius 2 is 2.13 bits per heavy atom. The molecule has 2 aliphatic heterocycles. The molecule has 13 heteroatoms. The second-order valence-electron chi connectivity index (χ2n) is 6.97. The second-order valence-corrected chi connectivity index (χ2v) is 7.38. The highest BCUT2D eigenvalue weighted by atomic mass is 35.5. The predicted octanol–water partition coefficient (Wildman–Crippen LogP) is 3.69. The van der Waals surface area contributed by atoms with Crippen LogP contribution in [0.5, 0.6) is 0 Å². The first-order valence-electron chi connectivity index (χ1n) is 9.14. The third-order valence-corrected chi connectivity index (χ3v) is 5.15. The number of amidine groups is 1. The maximum Gasteiger partial charge on any atom is 0.396 e. The molecule has 31 heavy (non-hydrogen) atoms. The Balaban J connectivity index is 1.44. The monoisotopic (exact) mass is 449 g/mol. The van der Waals surface area contributed by atoms with E-state index in [0.717, 1.165) is 0 Å². The molecule has 9 nitrogen and oxygen atoms in total. The van der Waals surface area contributed by atoms with Crippen LogP contribution in [-0.4, -0.2) is 41.2 Å². The molecule has 5 heterocycles. The van der Waals surface area contributed by atoms with Crippen LogP contribution in [0, 0.1) is 0 Å². The first-order valence-corrected chi connectivity index (χ1v) is 9.51. The van der Waals surface area contributed by atoms with Gasteiger partial charge in [0.1, 0.15) is 18.1 Å². The molecule has 0 spiro atoms. The van der Waals surface area contributed by atoms with Gasteiger partial charge >= 0.3 is 6.18 Å². The SMILES string of the molecule is Cn1nccc1Nc1ncc(Cl)c(-c2cc3n(c2)C=CN2C(CC(F)(F)F)=NNC32)n1. The van der Waals surface area contributed by atoms with Gasteiger partial charge in [-0.2, -0.15) is 23.4 Å². The van der Waals surface area contributed by atoms with Gasteiger partial charge < -0.3 is 14.8 Å². The van der Waals surface area contributed by atoms with Crippen molar-refractivity contribution in [3.8, 4) is 11.3 Å². The van der Waals surface area contributed by atoms with Crippen LogP contribution in [0.25, 0.3) is 17.5 Å². The van der Waals surface area contributed by atoms with Crippen molar-refractivity contribution in [2.75, 3.05) is 5.32 Å². The lowest BCUT2D eigenvalue weighted by molar-refractivity contribution is -0.122. The molecule has 0 aromatic carbocycles. The molecule has 3 aromatic rings. The van der Waals surface area contributed by atoms with Gasteiger partial charge in [0.05, 0.1) is 28.8 Å². The van der Waals surface area contributed by atoms with E-state index in [-0.39, 0.29) is 5.84 Å². The van der Waals surface area contributed by atoms with Crippen LogP contribution in [0.3, 0.4) is 0 Å². The summed E-state index contributed by atoms with van der Waals surface area (Å²) in [4.78, 5) is 10.2. The largest absolute Gasteiger partial charge is 0.396 e. The maximum absolute atomic E-state index is 12.8. The topological polar surface area (TPSA) is 88.2 Å². The Labute approximate surface area is 178 Å². The highest BCUT2D eigenvalue weighted by molar-refractivity contribution is 6.32. The van der Waals surface area contributed by atoms with Crippen LogP contribution in [0.1, 0.15) is 18.3 Å². The molecule has 3 aromatic heterocycles. The van der Waals surface area contributed by atoms with E-state index in [9.17, 15) is 13.2 Å². The molecule has 2 aliphatic rings. The molecule has 0 saturated carbocycles. The summed E-state index contributed by atoms with van der Waals surface area (Å²) in [5, 5.41) is 11.4. The Morgan fingerprint density at radius 3 is 2.87 bits per heavy atom. The highest BCUT2D eigenvalue weighted by Gasteiger charge is 2.39. The van der Waals surface area contributed by atoms with Crippen LogP contribution in [-0.2, 0) is 7.05 Å².